The van der Waals surface area contributed by atoms with Gasteiger partial charge in [-0.1, -0.05) is 19.1 Å². The predicted molar refractivity (Wildman–Crippen MR) is 74.8 cm³/mol. The van der Waals surface area contributed by atoms with Crippen LogP contribution in [-0.2, 0) is 6.54 Å². The molecular formula is C15H21F3N2O. The van der Waals surface area contributed by atoms with Gasteiger partial charge in [-0.3, -0.25) is 4.90 Å². The van der Waals surface area contributed by atoms with Crippen molar-refractivity contribution >= 4 is 0 Å². The summed E-state index contributed by atoms with van der Waals surface area (Å²) in [7, 11) is 0. The molecule has 0 bridgehead atoms. The lowest BCUT2D eigenvalue weighted by molar-refractivity contribution is -0.274. The number of rotatable bonds is 4. The van der Waals surface area contributed by atoms with Crippen LogP contribution in [0.5, 0.6) is 5.75 Å². The molecule has 0 spiro atoms. The number of halogens is 3. The van der Waals surface area contributed by atoms with Crippen LogP contribution < -0.4 is 10.5 Å². The van der Waals surface area contributed by atoms with Gasteiger partial charge in [-0.15, -0.1) is 13.2 Å². The van der Waals surface area contributed by atoms with Crippen LogP contribution in [-0.4, -0.2) is 30.4 Å². The summed E-state index contributed by atoms with van der Waals surface area (Å²) in [5, 5.41) is 0. The molecule has 3 nitrogen and oxygen atoms in total. The Kier molecular flexibility index (Phi) is 5.11. The molecule has 2 N–H and O–H groups in total. The maximum atomic E-state index is 12.1. The average molecular weight is 302 g/mol. The van der Waals surface area contributed by atoms with Crippen molar-refractivity contribution in [1.82, 2.24) is 4.90 Å². The normalized spacial score (nSPS) is 24.0. The van der Waals surface area contributed by atoms with Crippen molar-refractivity contribution in [3.8, 4) is 5.75 Å². The first-order valence-electron chi connectivity index (χ1n) is 7.16. The van der Waals surface area contributed by atoms with Gasteiger partial charge < -0.3 is 10.5 Å². The van der Waals surface area contributed by atoms with Crippen molar-refractivity contribution in [3.63, 3.8) is 0 Å². The molecule has 1 heterocycles. The SMILES string of the molecule is CC1CCN(Cc2ccc(OC(F)(F)F)cc2)C(CN)C1. The maximum absolute atomic E-state index is 12.1. The second kappa shape index (κ2) is 6.66. The molecule has 2 atom stereocenters. The molecule has 1 saturated heterocycles. The Bertz CT molecular complexity index is 447. The minimum Gasteiger partial charge on any atom is -0.406 e. The predicted octanol–water partition coefficient (Wildman–Crippen LogP) is 3.14. The van der Waals surface area contributed by atoms with Gasteiger partial charge in [0.15, 0.2) is 0 Å². The zero-order valence-corrected chi connectivity index (χ0v) is 12.1. The van der Waals surface area contributed by atoms with E-state index in [4.69, 9.17) is 5.73 Å². The molecule has 6 heteroatoms. The Hall–Kier alpha value is -1.27. The van der Waals surface area contributed by atoms with Crippen molar-refractivity contribution in [2.75, 3.05) is 13.1 Å². The van der Waals surface area contributed by atoms with Crippen molar-refractivity contribution in [1.29, 1.82) is 0 Å². The number of nitrogens with zero attached hydrogens (tertiary/aromatic N) is 1. The molecule has 0 aliphatic carbocycles. The van der Waals surface area contributed by atoms with Gasteiger partial charge in [0.25, 0.3) is 0 Å². The number of ether oxygens (including phenoxy) is 1. The molecule has 0 saturated carbocycles. The Balaban J connectivity index is 1.96. The number of alkyl halides is 3. The third-order valence-electron chi connectivity index (χ3n) is 3.91. The van der Waals surface area contributed by atoms with Crippen LogP contribution in [0.15, 0.2) is 24.3 Å². The van der Waals surface area contributed by atoms with Crippen molar-refractivity contribution in [2.24, 2.45) is 11.7 Å². The lowest BCUT2D eigenvalue weighted by Crippen LogP contribution is -2.45. The number of hydrogen-bond donors (Lipinski definition) is 1. The highest BCUT2D eigenvalue weighted by molar-refractivity contribution is 5.27. The maximum Gasteiger partial charge on any atom is 0.573 e. The van der Waals surface area contributed by atoms with Gasteiger partial charge in [0.1, 0.15) is 5.75 Å². The lowest BCUT2D eigenvalue weighted by Gasteiger charge is -2.38. The summed E-state index contributed by atoms with van der Waals surface area (Å²) in [6.07, 6.45) is -2.44. The number of hydrogen-bond acceptors (Lipinski definition) is 3. The fourth-order valence-corrected chi connectivity index (χ4v) is 2.78. The fourth-order valence-electron chi connectivity index (χ4n) is 2.78. The van der Waals surface area contributed by atoms with Crippen LogP contribution in [0.2, 0.25) is 0 Å². The van der Waals surface area contributed by atoms with Gasteiger partial charge in [-0.25, -0.2) is 0 Å². The van der Waals surface area contributed by atoms with E-state index < -0.39 is 6.36 Å². The molecule has 0 amide bonds. The number of piperidine rings is 1. The third-order valence-corrected chi connectivity index (χ3v) is 3.91. The molecule has 2 rings (SSSR count). The molecule has 1 aliphatic rings. The van der Waals surface area contributed by atoms with Crippen molar-refractivity contribution in [2.45, 2.75) is 38.7 Å². The fraction of sp³-hybridized carbons (Fsp3) is 0.600. The first kappa shape index (κ1) is 16.1. The van der Waals surface area contributed by atoms with E-state index in [1.165, 1.54) is 12.1 Å². The summed E-state index contributed by atoms with van der Waals surface area (Å²) >= 11 is 0. The summed E-state index contributed by atoms with van der Waals surface area (Å²) in [6.45, 7) is 4.52. The highest BCUT2D eigenvalue weighted by Crippen LogP contribution is 2.26. The second-order valence-corrected chi connectivity index (χ2v) is 5.68. The van der Waals surface area contributed by atoms with E-state index in [-0.39, 0.29) is 5.75 Å². The second-order valence-electron chi connectivity index (χ2n) is 5.68. The minimum absolute atomic E-state index is 0.186. The van der Waals surface area contributed by atoms with Gasteiger partial charge in [0.05, 0.1) is 0 Å². The zero-order valence-electron chi connectivity index (χ0n) is 12.1. The highest BCUT2D eigenvalue weighted by atomic mass is 19.4. The summed E-state index contributed by atoms with van der Waals surface area (Å²) in [5.41, 5.74) is 6.79. The topological polar surface area (TPSA) is 38.5 Å². The molecule has 2 unspecified atom stereocenters. The first-order valence-corrected chi connectivity index (χ1v) is 7.16. The van der Waals surface area contributed by atoms with E-state index in [1.807, 2.05) is 0 Å². The van der Waals surface area contributed by atoms with Gasteiger partial charge in [0, 0.05) is 19.1 Å². The van der Waals surface area contributed by atoms with E-state index >= 15 is 0 Å². The Morgan fingerprint density at radius 3 is 2.52 bits per heavy atom. The molecule has 0 aromatic heterocycles. The van der Waals surface area contributed by atoms with Crippen LogP contribution in [0.3, 0.4) is 0 Å². The van der Waals surface area contributed by atoms with Crippen LogP contribution in [0.4, 0.5) is 13.2 Å². The van der Waals surface area contributed by atoms with Gasteiger partial charge in [0.2, 0.25) is 0 Å². The third kappa shape index (κ3) is 4.89. The van der Waals surface area contributed by atoms with E-state index in [2.05, 4.69) is 16.6 Å². The van der Waals surface area contributed by atoms with Crippen molar-refractivity contribution < 1.29 is 17.9 Å². The van der Waals surface area contributed by atoms with Crippen LogP contribution in [0, 0.1) is 5.92 Å². The smallest absolute Gasteiger partial charge is 0.406 e. The molecular weight excluding hydrogens is 281 g/mol. The monoisotopic (exact) mass is 302 g/mol. The van der Waals surface area contributed by atoms with Gasteiger partial charge in [-0.2, -0.15) is 0 Å². The standard InChI is InChI=1S/C15H21F3N2O/c1-11-6-7-20(13(8-11)9-19)10-12-2-4-14(5-3-12)21-15(16,17)18/h2-5,11,13H,6-10,19H2,1H3. The number of benzene rings is 1. The van der Waals surface area contributed by atoms with Crippen LogP contribution >= 0.6 is 0 Å². The Morgan fingerprint density at radius 2 is 1.95 bits per heavy atom. The Morgan fingerprint density at radius 1 is 1.29 bits per heavy atom. The van der Waals surface area contributed by atoms with Crippen LogP contribution in [0.25, 0.3) is 0 Å². The van der Waals surface area contributed by atoms with E-state index in [0.29, 0.717) is 25.0 Å². The quantitative estimate of drug-likeness (QED) is 0.928. The Labute approximate surface area is 122 Å². The number of nitrogens with two attached hydrogens (primary N) is 1. The van der Waals surface area contributed by atoms with Gasteiger partial charge >= 0.3 is 6.36 Å². The minimum atomic E-state index is -4.64. The van der Waals surface area contributed by atoms with Crippen molar-refractivity contribution in [3.05, 3.63) is 29.8 Å². The molecule has 1 aromatic rings. The molecule has 0 radical (unpaired) electrons. The average Bonchev–Trinajstić information content (AvgIpc) is 2.41. The molecule has 1 aliphatic heterocycles. The summed E-state index contributed by atoms with van der Waals surface area (Å²) < 4.78 is 40.2. The summed E-state index contributed by atoms with van der Waals surface area (Å²) in [4.78, 5) is 2.31. The van der Waals surface area contributed by atoms with E-state index in [0.717, 1.165) is 24.9 Å². The zero-order chi connectivity index (χ0) is 15.5. The number of likely N-dealkylation sites (tertiary alicyclic amines) is 1. The summed E-state index contributed by atoms with van der Waals surface area (Å²) in [5.74, 6) is 0.492. The van der Waals surface area contributed by atoms with Crippen LogP contribution in [0.1, 0.15) is 25.3 Å². The lowest BCUT2D eigenvalue weighted by atomic mass is 9.92. The summed E-state index contributed by atoms with van der Waals surface area (Å²) in [6, 6.07) is 6.40. The highest BCUT2D eigenvalue weighted by Gasteiger charge is 2.31. The van der Waals surface area contributed by atoms with Gasteiger partial charge in [-0.05, 0) is 43.0 Å². The van der Waals surface area contributed by atoms with E-state index in [9.17, 15) is 13.2 Å². The molecule has 118 valence electrons. The largest absolute Gasteiger partial charge is 0.573 e. The molecule has 21 heavy (non-hydrogen) atoms. The molecule has 1 fully saturated rings. The first-order chi connectivity index (χ1) is 9.87. The van der Waals surface area contributed by atoms with E-state index in [1.54, 1.807) is 12.1 Å². The molecule has 1 aromatic carbocycles.